The lowest BCUT2D eigenvalue weighted by Crippen LogP contribution is -2.40. The van der Waals surface area contributed by atoms with Crippen molar-refractivity contribution in [1.29, 1.82) is 0 Å². The van der Waals surface area contributed by atoms with Crippen LogP contribution in [0.2, 0.25) is 0 Å². The highest BCUT2D eigenvalue weighted by Crippen LogP contribution is 2.49. The second kappa shape index (κ2) is 6.27. The van der Waals surface area contributed by atoms with Gasteiger partial charge in [-0.15, -0.1) is 0 Å². The van der Waals surface area contributed by atoms with Crippen molar-refractivity contribution in [3.63, 3.8) is 0 Å². The number of benzene rings is 1. The predicted molar refractivity (Wildman–Crippen MR) is 104 cm³/mol. The first-order valence-corrected chi connectivity index (χ1v) is 9.22. The van der Waals surface area contributed by atoms with E-state index < -0.39 is 0 Å². The van der Waals surface area contributed by atoms with Gasteiger partial charge in [-0.3, -0.25) is 9.78 Å². The number of hydrogen-bond donors (Lipinski definition) is 2. The highest BCUT2D eigenvalue weighted by molar-refractivity contribution is 5.95. The van der Waals surface area contributed by atoms with Gasteiger partial charge in [0.15, 0.2) is 0 Å². The third kappa shape index (κ3) is 3.12. The first-order chi connectivity index (χ1) is 12.4. The number of aromatic nitrogens is 1. The van der Waals surface area contributed by atoms with E-state index in [-0.39, 0.29) is 17.5 Å². The van der Waals surface area contributed by atoms with E-state index in [0.29, 0.717) is 11.8 Å². The molecule has 26 heavy (non-hydrogen) atoms. The number of hydrogen-bond acceptors (Lipinski definition) is 3. The van der Waals surface area contributed by atoms with Crippen LogP contribution in [0.15, 0.2) is 54.9 Å². The van der Waals surface area contributed by atoms with E-state index >= 15 is 0 Å². The molecule has 3 unspecified atom stereocenters. The zero-order chi connectivity index (χ0) is 18.3. The number of pyridine rings is 1. The molecule has 0 bridgehead atoms. The Kier molecular flexibility index (Phi) is 4.06. The van der Waals surface area contributed by atoms with E-state index in [2.05, 4.69) is 39.9 Å². The molecule has 2 aromatic rings. The van der Waals surface area contributed by atoms with Gasteiger partial charge in [-0.2, -0.15) is 0 Å². The van der Waals surface area contributed by atoms with Gasteiger partial charge in [-0.05, 0) is 68.5 Å². The summed E-state index contributed by atoms with van der Waals surface area (Å²) in [5, 5.41) is 6.74. The normalized spacial score (nSPS) is 23.7. The molecular weight excluding hydrogens is 322 g/mol. The van der Waals surface area contributed by atoms with Crippen molar-refractivity contribution in [3.8, 4) is 0 Å². The van der Waals surface area contributed by atoms with Gasteiger partial charge in [0.05, 0.1) is 6.04 Å². The molecule has 4 heteroatoms. The largest absolute Gasteiger partial charge is 0.378 e. The summed E-state index contributed by atoms with van der Waals surface area (Å²) in [5.41, 5.74) is 4.02. The summed E-state index contributed by atoms with van der Waals surface area (Å²) in [5.74, 6) is 0.764. The summed E-state index contributed by atoms with van der Waals surface area (Å²) < 4.78 is 0. The number of carbonyl (C=O) groups is 1. The lowest BCUT2D eigenvalue weighted by atomic mass is 9.77. The summed E-state index contributed by atoms with van der Waals surface area (Å²) in [7, 11) is 0. The van der Waals surface area contributed by atoms with Crippen LogP contribution in [-0.4, -0.2) is 16.4 Å². The molecule has 0 fully saturated rings. The van der Waals surface area contributed by atoms with Crippen LogP contribution in [0.5, 0.6) is 0 Å². The number of allylic oxidation sites excluding steroid dienone is 2. The number of rotatable bonds is 2. The molecule has 1 aromatic carbocycles. The van der Waals surface area contributed by atoms with Crippen LogP contribution in [-0.2, 0) is 0 Å². The molecule has 1 aliphatic carbocycles. The molecule has 0 spiro atoms. The molecule has 2 N–H and O–H groups in total. The Labute approximate surface area is 154 Å². The lowest BCUT2D eigenvalue weighted by molar-refractivity contribution is 0.0919. The Bertz CT molecular complexity index is 851. The molecule has 2 aliphatic rings. The first kappa shape index (κ1) is 16.8. The SMILES string of the molecule is CC(C)(C)NC(=O)c1ccc2c(c1)C1C=CCC1C(c1cccnc1)N2. The van der Waals surface area contributed by atoms with E-state index in [0.717, 1.165) is 17.7 Å². The number of nitrogens with one attached hydrogen (secondary N) is 2. The molecule has 2 heterocycles. The van der Waals surface area contributed by atoms with Crippen LogP contribution < -0.4 is 10.6 Å². The molecule has 0 saturated carbocycles. The number of amides is 1. The minimum Gasteiger partial charge on any atom is -0.378 e. The fourth-order valence-corrected chi connectivity index (χ4v) is 4.04. The average Bonchev–Trinajstić information content (AvgIpc) is 3.10. The Morgan fingerprint density at radius 3 is 2.85 bits per heavy atom. The minimum absolute atomic E-state index is 0.0202. The molecule has 0 saturated heterocycles. The maximum atomic E-state index is 12.6. The summed E-state index contributed by atoms with van der Waals surface area (Å²) >= 11 is 0. The van der Waals surface area contributed by atoms with E-state index in [4.69, 9.17) is 0 Å². The van der Waals surface area contributed by atoms with E-state index in [1.165, 1.54) is 11.1 Å². The molecule has 1 aliphatic heterocycles. The van der Waals surface area contributed by atoms with Crippen LogP contribution in [0.3, 0.4) is 0 Å². The van der Waals surface area contributed by atoms with Gasteiger partial charge < -0.3 is 10.6 Å². The van der Waals surface area contributed by atoms with Crippen LogP contribution in [0, 0.1) is 5.92 Å². The summed E-state index contributed by atoms with van der Waals surface area (Å²) in [6, 6.07) is 10.4. The smallest absolute Gasteiger partial charge is 0.251 e. The van der Waals surface area contributed by atoms with Gasteiger partial charge in [0.1, 0.15) is 0 Å². The van der Waals surface area contributed by atoms with Gasteiger partial charge in [0, 0.05) is 35.1 Å². The van der Waals surface area contributed by atoms with Crippen molar-refractivity contribution >= 4 is 11.6 Å². The fourth-order valence-electron chi connectivity index (χ4n) is 4.04. The zero-order valence-corrected chi connectivity index (χ0v) is 15.5. The van der Waals surface area contributed by atoms with Gasteiger partial charge in [-0.25, -0.2) is 0 Å². The number of fused-ring (bicyclic) bond motifs is 3. The van der Waals surface area contributed by atoms with Crippen molar-refractivity contribution in [3.05, 3.63) is 71.6 Å². The Hall–Kier alpha value is -2.62. The Balaban J connectivity index is 1.68. The van der Waals surface area contributed by atoms with Crippen LogP contribution >= 0.6 is 0 Å². The van der Waals surface area contributed by atoms with Gasteiger partial charge in [0.25, 0.3) is 5.91 Å². The van der Waals surface area contributed by atoms with Crippen molar-refractivity contribution < 1.29 is 4.79 Å². The van der Waals surface area contributed by atoms with Crippen molar-refractivity contribution in [2.24, 2.45) is 5.92 Å². The summed E-state index contributed by atoms with van der Waals surface area (Å²) in [6.45, 7) is 6.00. The molecule has 0 radical (unpaired) electrons. The van der Waals surface area contributed by atoms with Crippen molar-refractivity contribution in [1.82, 2.24) is 10.3 Å². The van der Waals surface area contributed by atoms with Gasteiger partial charge in [0.2, 0.25) is 0 Å². The monoisotopic (exact) mass is 347 g/mol. The summed E-state index contributed by atoms with van der Waals surface area (Å²) in [4.78, 5) is 16.9. The van der Waals surface area contributed by atoms with Gasteiger partial charge in [-0.1, -0.05) is 18.2 Å². The van der Waals surface area contributed by atoms with E-state index in [9.17, 15) is 4.79 Å². The highest BCUT2D eigenvalue weighted by atomic mass is 16.1. The standard InChI is InChI=1S/C22H25N3O/c1-22(2,3)25-21(26)14-9-10-19-18(12-14)16-7-4-8-17(16)20(24-19)15-6-5-11-23-13-15/h4-7,9-13,16-17,20,24H,8H2,1-3H3,(H,25,26). The Morgan fingerprint density at radius 1 is 1.27 bits per heavy atom. The second-order valence-electron chi connectivity index (χ2n) is 8.27. The minimum atomic E-state index is -0.244. The van der Waals surface area contributed by atoms with Crippen LogP contribution in [0.25, 0.3) is 0 Å². The Morgan fingerprint density at radius 2 is 2.12 bits per heavy atom. The van der Waals surface area contributed by atoms with Gasteiger partial charge >= 0.3 is 0 Å². The molecular formula is C22H25N3O. The summed E-state index contributed by atoms with van der Waals surface area (Å²) in [6.07, 6.45) is 9.35. The molecule has 134 valence electrons. The quantitative estimate of drug-likeness (QED) is 0.790. The molecule has 1 amide bonds. The number of anilines is 1. The first-order valence-electron chi connectivity index (χ1n) is 9.22. The third-order valence-corrected chi connectivity index (χ3v) is 5.16. The highest BCUT2D eigenvalue weighted by Gasteiger charge is 2.38. The molecule has 3 atom stereocenters. The second-order valence-corrected chi connectivity index (χ2v) is 8.27. The maximum Gasteiger partial charge on any atom is 0.251 e. The number of carbonyl (C=O) groups excluding carboxylic acids is 1. The number of nitrogens with zero attached hydrogens (tertiary/aromatic N) is 1. The molecule has 1 aromatic heterocycles. The average molecular weight is 347 g/mol. The van der Waals surface area contributed by atoms with E-state index in [1.54, 1.807) is 0 Å². The van der Waals surface area contributed by atoms with Crippen molar-refractivity contribution in [2.45, 2.75) is 44.7 Å². The van der Waals surface area contributed by atoms with Crippen LogP contribution in [0.1, 0.15) is 60.6 Å². The zero-order valence-electron chi connectivity index (χ0n) is 15.5. The van der Waals surface area contributed by atoms with Crippen molar-refractivity contribution in [2.75, 3.05) is 5.32 Å². The molecule has 4 nitrogen and oxygen atoms in total. The molecule has 4 rings (SSSR count). The maximum absolute atomic E-state index is 12.6. The fraction of sp³-hybridized carbons (Fsp3) is 0.364. The topological polar surface area (TPSA) is 54.0 Å². The lowest BCUT2D eigenvalue weighted by Gasteiger charge is -2.37. The van der Waals surface area contributed by atoms with E-state index in [1.807, 2.05) is 51.4 Å². The third-order valence-electron chi connectivity index (χ3n) is 5.16. The predicted octanol–water partition coefficient (Wildman–Crippen LogP) is 4.44. The van der Waals surface area contributed by atoms with Crippen LogP contribution in [0.4, 0.5) is 5.69 Å².